The first-order valence-corrected chi connectivity index (χ1v) is 9.68. The number of hydrogen-bond acceptors (Lipinski definition) is 3. The molecule has 2 atom stereocenters. The van der Waals surface area contributed by atoms with Crippen molar-refractivity contribution < 1.29 is 14.0 Å². The topological polar surface area (TPSA) is 61.4 Å². The lowest BCUT2D eigenvalue weighted by Crippen LogP contribution is -2.41. The number of hydrogen-bond donors (Lipinski definition) is 2. The lowest BCUT2D eigenvalue weighted by molar-refractivity contribution is -0.126. The van der Waals surface area contributed by atoms with E-state index in [1.807, 2.05) is 12.1 Å². The summed E-state index contributed by atoms with van der Waals surface area (Å²) < 4.78 is 14.2. The molecule has 2 amide bonds. The second kappa shape index (κ2) is 8.93. The Morgan fingerprint density at radius 2 is 2.07 bits per heavy atom. The highest BCUT2D eigenvalue weighted by Gasteiger charge is 2.36. The number of carbonyl (C=O) groups is 2. The highest BCUT2D eigenvalue weighted by molar-refractivity contribution is 6.00. The molecule has 0 saturated carbocycles. The minimum Gasteiger partial charge on any atom is -0.354 e. The zero-order chi connectivity index (χ0) is 19.7. The maximum absolute atomic E-state index is 14.2. The summed E-state index contributed by atoms with van der Waals surface area (Å²) in [5, 5.41) is 6.41. The molecule has 5 nitrogen and oxygen atoms in total. The van der Waals surface area contributed by atoms with Gasteiger partial charge in [-0.15, -0.1) is 12.4 Å². The summed E-state index contributed by atoms with van der Waals surface area (Å²) in [5.74, 6) is -1.28. The molecular formula is C22H25ClFN3O2. The number of rotatable bonds is 4. The lowest BCUT2D eigenvalue weighted by atomic mass is 9.94. The minimum atomic E-state index is -0.466. The van der Waals surface area contributed by atoms with Crippen LogP contribution in [0.1, 0.15) is 29.2 Å². The number of nitrogens with one attached hydrogen (secondary N) is 2. The summed E-state index contributed by atoms with van der Waals surface area (Å²) in [6.45, 7) is 3.35. The van der Waals surface area contributed by atoms with Gasteiger partial charge in [-0.3, -0.25) is 9.59 Å². The highest BCUT2D eigenvalue weighted by atomic mass is 35.5. The Morgan fingerprint density at radius 1 is 1.28 bits per heavy atom. The molecule has 0 radical (unpaired) electrons. The zero-order valence-electron chi connectivity index (χ0n) is 16.3. The monoisotopic (exact) mass is 417 g/mol. The molecule has 2 aromatic rings. The van der Waals surface area contributed by atoms with Crippen LogP contribution in [0.15, 0.2) is 42.5 Å². The number of fused-ring (bicyclic) bond motifs is 1. The first kappa shape index (κ1) is 21.3. The van der Waals surface area contributed by atoms with E-state index in [0.717, 1.165) is 18.5 Å². The molecule has 0 aliphatic carbocycles. The van der Waals surface area contributed by atoms with Crippen molar-refractivity contribution in [1.29, 1.82) is 0 Å². The van der Waals surface area contributed by atoms with E-state index in [1.54, 1.807) is 19.1 Å². The van der Waals surface area contributed by atoms with Crippen molar-refractivity contribution in [3.8, 4) is 0 Å². The molecule has 2 N–H and O–H groups in total. The average molecular weight is 418 g/mol. The van der Waals surface area contributed by atoms with Gasteiger partial charge in [-0.25, -0.2) is 4.39 Å². The minimum absolute atomic E-state index is 0. The molecule has 1 saturated heterocycles. The molecule has 154 valence electrons. The summed E-state index contributed by atoms with van der Waals surface area (Å²) in [6, 6.07) is 13.1. The zero-order valence-corrected chi connectivity index (χ0v) is 17.1. The van der Waals surface area contributed by atoms with E-state index < -0.39 is 11.7 Å². The first-order valence-electron chi connectivity index (χ1n) is 9.68. The van der Waals surface area contributed by atoms with Crippen LogP contribution in [0.5, 0.6) is 0 Å². The van der Waals surface area contributed by atoms with Crippen LogP contribution >= 0.6 is 12.4 Å². The van der Waals surface area contributed by atoms with Gasteiger partial charge in [-0.1, -0.05) is 30.3 Å². The SMILES string of the molecule is Cc1ccc(N2CC(C(=O)NCC3NCCc4ccccc43)CC2=O)c(F)c1.Cl. The molecule has 2 aliphatic rings. The second-order valence-corrected chi connectivity index (χ2v) is 7.56. The molecule has 2 aromatic carbocycles. The lowest BCUT2D eigenvalue weighted by Gasteiger charge is -2.27. The molecule has 0 bridgehead atoms. The van der Waals surface area contributed by atoms with Crippen LogP contribution in [0, 0.1) is 18.7 Å². The van der Waals surface area contributed by atoms with E-state index in [-0.39, 0.29) is 48.9 Å². The summed E-state index contributed by atoms with van der Waals surface area (Å²) >= 11 is 0. The van der Waals surface area contributed by atoms with Crippen LogP contribution in [0.2, 0.25) is 0 Å². The van der Waals surface area contributed by atoms with E-state index in [0.29, 0.717) is 6.54 Å². The van der Waals surface area contributed by atoms with Crippen LogP contribution in [-0.4, -0.2) is 31.4 Å². The Kier molecular flexibility index (Phi) is 6.55. The number of benzene rings is 2. The summed E-state index contributed by atoms with van der Waals surface area (Å²) in [6.07, 6.45) is 1.09. The molecule has 29 heavy (non-hydrogen) atoms. The molecule has 2 aliphatic heterocycles. The van der Waals surface area contributed by atoms with Crippen LogP contribution in [0.4, 0.5) is 10.1 Å². The number of carbonyl (C=O) groups excluding carboxylic acids is 2. The second-order valence-electron chi connectivity index (χ2n) is 7.56. The van der Waals surface area contributed by atoms with Gasteiger partial charge in [0, 0.05) is 25.6 Å². The predicted molar refractivity (Wildman–Crippen MR) is 113 cm³/mol. The fourth-order valence-corrected chi connectivity index (χ4v) is 4.07. The Bertz CT molecular complexity index is 921. The molecule has 2 heterocycles. The Labute approximate surface area is 176 Å². The summed E-state index contributed by atoms with van der Waals surface area (Å²) in [5.41, 5.74) is 3.55. The number of amides is 2. The number of aryl methyl sites for hydroxylation is 1. The van der Waals surface area contributed by atoms with Gasteiger partial charge in [0.15, 0.2) is 0 Å². The van der Waals surface area contributed by atoms with Crippen molar-refractivity contribution in [3.63, 3.8) is 0 Å². The summed E-state index contributed by atoms with van der Waals surface area (Å²) in [7, 11) is 0. The number of anilines is 1. The number of halogens is 2. The molecule has 0 aromatic heterocycles. The molecular weight excluding hydrogens is 393 g/mol. The average Bonchev–Trinajstić information content (AvgIpc) is 3.07. The van der Waals surface area contributed by atoms with E-state index in [1.165, 1.54) is 22.1 Å². The Balaban J connectivity index is 0.00000240. The van der Waals surface area contributed by atoms with Crippen molar-refractivity contribution in [3.05, 3.63) is 65.0 Å². The molecule has 2 unspecified atom stereocenters. The third-order valence-electron chi connectivity index (χ3n) is 5.59. The first-order chi connectivity index (χ1) is 13.5. The largest absolute Gasteiger partial charge is 0.354 e. The Morgan fingerprint density at radius 3 is 2.86 bits per heavy atom. The molecule has 7 heteroatoms. The van der Waals surface area contributed by atoms with Gasteiger partial charge in [-0.05, 0) is 48.7 Å². The van der Waals surface area contributed by atoms with Gasteiger partial charge in [-0.2, -0.15) is 0 Å². The van der Waals surface area contributed by atoms with Gasteiger partial charge in [0.05, 0.1) is 11.6 Å². The molecule has 4 rings (SSSR count). The van der Waals surface area contributed by atoms with Gasteiger partial charge < -0.3 is 15.5 Å². The van der Waals surface area contributed by atoms with Crippen molar-refractivity contribution >= 4 is 29.9 Å². The highest BCUT2D eigenvalue weighted by Crippen LogP contribution is 2.28. The summed E-state index contributed by atoms with van der Waals surface area (Å²) in [4.78, 5) is 26.4. The van der Waals surface area contributed by atoms with Crippen molar-refractivity contribution in [2.75, 3.05) is 24.5 Å². The normalized spacial score (nSPS) is 20.8. The van der Waals surface area contributed by atoms with Crippen molar-refractivity contribution in [2.24, 2.45) is 5.92 Å². The van der Waals surface area contributed by atoms with Gasteiger partial charge in [0.1, 0.15) is 5.82 Å². The quantitative estimate of drug-likeness (QED) is 0.804. The van der Waals surface area contributed by atoms with Gasteiger partial charge in [0.25, 0.3) is 0 Å². The third kappa shape index (κ3) is 4.43. The van der Waals surface area contributed by atoms with Gasteiger partial charge >= 0.3 is 0 Å². The van der Waals surface area contributed by atoms with E-state index in [9.17, 15) is 14.0 Å². The van der Waals surface area contributed by atoms with Crippen molar-refractivity contribution in [1.82, 2.24) is 10.6 Å². The van der Waals surface area contributed by atoms with Gasteiger partial charge in [0.2, 0.25) is 11.8 Å². The fraction of sp³-hybridized carbons (Fsp3) is 0.364. The number of nitrogens with zero attached hydrogens (tertiary/aromatic N) is 1. The van der Waals surface area contributed by atoms with E-state index in [4.69, 9.17) is 0 Å². The van der Waals surface area contributed by atoms with Crippen LogP contribution in [0.25, 0.3) is 0 Å². The van der Waals surface area contributed by atoms with E-state index in [2.05, 4.69) is 22.8 Å². The van der Waals surface area contributed by atoms with E-state index >= 15 is 0 Å². The van der Waals surface area contributed by atoms with Crippen LogP contribution in [-0.2, 0) is 16.0 Å². The maximum Gasteiger partial charge on any atom is 0.227 e. The molecule has 0 spiro atoms. The molecule has 1 fully saturated rings. The fourth-order valence-electron chi connectivity index (χ4n) is 4.07. The van der Waals surface area contributed by atoms with Crippen LogP contribution < -0.4 is 15.5 Å². The maximum atomic E-state index is 14.2. The smallest absolute Gasteiger partial charge is 0.227 e. The standard InChI is InChI=1S/C22H24FN3O2.ClH/c1-14-6-7-20(18(23)10-14)26-13-16(11-21(26)27)22(28)25-12-19-17-5-3-2-4-15(17)8-9-24-19;/h2-7,10,16,19,24H,8-9,11-13H2,1H3,(H,25,28);1H. The third-order valence-corrected chi connectivity index (χ3v) is 5.59. The predicted octanol–water partition coefficient (Wildman–Crippen LogP) is 2.91. The van der Waals surface area contributed by atoms with Crippen LogP contribution in [0.3, 0.4) is 0 Å². The van der Waals surface area contributed by atoms with Crippen molar-refractivity contribution in [2.45, 2.75) is 25.8 Å². The Hall–Kier alpha value is -2.44.